The molecule has 69 heavy (non-hydrogen) atoms. The van der Waals surface area contributed by atoms with Crippen LogP contribution in [-0.2, 0) is 0 Å². The van der Waals surface area contributed by atoms with Gasteiger partial charge in [0.05, 0.1) is 37.7 Å². The lowest BCUT2D eigenvalue weighted by Crippen LogP contribution is -2.36. The number of carbonyl (C=O) groups excluding carboxylic acids is 3. The van der Waals surface area contributed by atoms with E-state index in [4.69, 9.17) is 50.1 Å². The van der Waals surface area contributed by atoms with Crippen LogP contribution in [0.5, 0.6) is 0 Å². The minimum atomic E-state index is -3.52. The molecule has 3 aliphatic carbocycles. The number of hydrogen-bond acceptors (Lipinski definition) is 18. The number of amides is 3. The molecule has 0 aliphatic heterocycles. The van der Waals surface area contributed by atoms with Gasteiger partial charge in [-0.3, -0.25) is 14.4 Å². The molecule has 9 atom stereocenters. The van der Waals surface area contributed by atoms with E-state index in [-0.39, 0.29) is 46.2 Å². The lowest BCUT2D eigenvalue weighted by molar-refractivity contribution is 0.0737. The van der Waals surface area contributed by atoms with E-state index in [1.165, 1.54) is 0 Å². The fraction of sp³-hybridized carbons (Fsp3) is 0.688. The summed E-state index contributed by atoms with van der Waals surface area (Å²) in [5.74, 6) is -10.9. The lowest BCUT2D eigenvalue weighted by Gasteiger charge is -2.32. The molecule has 6 rings (SSSR count). The number of aliphatic hydroxyl groups excluding tert-OH is 3. The molecule has 0 aromatic carbocycles. The van der Waals surface area contributed by atoms with Crippen molar-refractivity contribution >= 4 is 53.0 Å². The van der Waals surface area contributed by atoms with E-state index >= 15 is 0 Å². The predicted octanol–water partition coefficient (Wildman–Crippen LogP) is 5.24. The van der Waals surface area contributed by atoms with E-state index in [2.05, 4.69) is 61.8 Å². The van der Waals surface area contributed by atoms with E-state index < -0.39 is 172 Å². The number of rotatable bonds is 12. The van der Waals surface area contributed by atoms with Gasteiger partial charge in [-0.15, -0.1) is 0 Å². The number of hydrogen-bond donors (Lipinski definition) is 12. The maximum Gasteiger partial charge on any atom is 0.254 e. The van der Waals surface area contributed by atoms with Crippen LogP contribution in [0.25, 0.3) is 0 Å². The van der Waals surface area contributed by atoms with Crippen molar-refractivity contribution in [3.8, 4) is 0 Å². The van der Waals surface area contributed by atoms with Gasteiger partial charge in [-0.25, -0.2) is 15.0 Å². The minimum Gasteiger partial charge on any atom is -0.393 e. The Balaban J connectivity index is 0.000000297. The van der Waals surface area contributed by atoms with Crippen LogP contribution in [0.4, 0.5) is 35.3 Å². The van der Waals surface area contributed by atoms with E-state index in [1.807, 2.05) is 41.5 Å². The molecule has 9 unspecified atom stereocenters. The highest BCUT2D eigenvalue weighted by Crippen LogP contribution is 2.30. The van der Waals surface area contributed by atoms with Crippen LogP contribution in [0, 0.1) is 17.7 Å². The SMILES string of the molecule is [2H]C([2H])([2H])C1([2H])C(O)CC([2H])(Nc2nc(NC(C)(C)C)ncc2C(N)=O)C([2H])([2H])C1([2H])[2H].[2H]C([2H])([2H])C1C(O)CC(Nc2nc(NC(C)(C)C)ncc2C(N)=O)C([2H])([2H])C1([2H])[2H].[2H]C([2H])([2H])C1C(O)CC([2H])(Nc2nc(NC(C)(C)C)ncc2C(N)=O)C([2H])([2H])C1([2H])[2H]. The van der Waals surface area contributed by atoms with Crippen molar-refractivity contribution < 1.29 is 62.6 Å². The van der Waals surface area contributed by atoms with Crippen molar-refractivity contribution in [2.24, 2.45) is 34.9 Å². The Hall–Kier alpha value is -5.67. The van der Waals surface area contributed by atoms with Crippen molar-refractivity contribution in [2.75, 3.05) is 31.9 Å². The summed E-state index contributed by atoms with van der Waals surface area (Å²) in [5.41, 5.74) is 13.8. The van der Waals surface area contributed by atoms with Crippen LogP contribution in [-0.4, -0.2) is 116 Å². The van der Waals surface area contributed by atoms with Crippen molar-refractivity contribution in [1.29, 1.82) is 0 Å². The molecular weight excluding hydrogens is 883 g/mol. The molecule has 3 amide bonds. The van der Waals surface area contributed by atoms with Gasteiger partial charge in [-0.05, 0) is 138 Å². The minimum absolute atomic E-state index is 0.00846. The first kappa shape index (κ1) is 30.2. The number of aliphatic hydroxyl groups is 3. The number of carbonyl (C=O) groups is 3. The van der Waals surface area contributed by atoms with E-state index in [0.717, 1.165) is 18.6 Å². The van der Waals surface area contributed by atoms with Gasteiger partial charge in [0.15, 0.2) is 0 Å². The lowest BCUT2D eigenvalue weighted by atomic mass is 9.85. The third-order valence-corrected chi connectivity index (χ3v) is 9.00. The molecule has 3 aromatic rings. The first-order valence-electron chi connectivity index (χ1n) is 33.4. The van der Waals surface area contributed by atoms with Crippen LogP contribution in [0.1, 0.15) is 204 Å². The largest absolute Gasteiger partial charge is 0.393 e. The highest BCUT2D eigenvalue weighted by molar-refractivity contribution is 5.98. The number of aromatic nitrogens is 6. The average Bonchev–Trinajstić information content (AvgIpc) is 0.698. The summed E-state index contributed by atoms with van der Waals surface area (Å²) in [6, 6.07) is -6.71. The van der Waals surface area contributed by atoms with Gasteiger partial charge in [-0.2, -0.15) is 15.0 Å². The highest BCUT2D eigenvalue weighted by Gasteiger charge is 2.30. The smallest absolute Gasteiger partial charge is 0.254 e. The Bertz CT molecular complexity index is 3240. The zero-order chi connectivity index (χ0) is 72.6. The molecule has 3 aromatic heterocycles. The Kier molecular flexibility index (Phi) is 10.4. The average molecular weight is 988 g/mol. The number of nitrogens with two attached hydrogens (primary N) is 3. The quantitative estimate of drug-likeness (QED) is 0.110. The normalized spacial score (nSPS) is 38.3. The molecular formula is C48H81N15O6. The maximum atomic E-state index is 11.9. The number of anilines is 6. The first-order chi connectivity index (χ1) is 41.2. The van der Waals surface area contributed by atoms with Gasteiger partial charge in [0, 0.05) is 83.4 Å². The third kappa shape index (κ3) is 18.3. The van der Waals surface area contributed by atoms with Crippen molar-refractivity contribution in [3.05, 3.63) is 35.3 Å². The molecule has 0 saturated heterocycles. The van der Waals surface area contributed by atoms with Gasteiger partial charge in [0.25, 0.3) is 17.7 Å². The summed E-state index contributed by atoms with van der Waals surface area (Å²) in [6.45, 7) is 7.08. The molecule has 3 aliphatic rings. The van der Waals surface area contributed by atoms with Gasteiger partial charge in [-0.1, -0.05) is 20.6 Å². The molecule has 384 valence electrons. The molecule has 0 radical (unpaired) electrons. The van der Waals surface area contributed by atoms with Crippen LogP contribution in [0.15, 0.2) is 18.6 Å². The predicted molar refractivity (Wildman–Crippen MR) is 271 cm³/mol. The molecule has 0 spiro atoms. The van der Waals surface area contributed by atoms with E-state index in [1.54, 1.807) is 20.8 Å². The van der Waals surface area contributed by atoms with Crippen LogP contribution in [0.2, 0.25) is 0 Å². The molecule has 0 bridgehead atoms. The molecule has 3 fully saturated rings. The summed E-state index contributed by atoms with van der Waals surface area (Å²) in [6.07, 6.45) is -23.4. The molecule has 3 saturated carbocycles. The standard InChI is InChI=1S/3C16H27N5O2/c3*1-9-5-6-10(7-12(9)22)19-14-11(13(17)23)8-18-15(20-14)21-16(2,3)4/h3*8-10,12,22H,5-7H2,1-4H3,(H2,17,23)(H2,18,19,20,21)/i1D3,5D2,6D2,9D,10D;1D3,5D2,6D2,10D;1D3,5D2,6D2. The Morgan fingerprint density at radius 1 is 0.551 bits per heavy atom. The second-order valence-electron chi connectivity index (χ2n) is 19.0. The van der Waals surface area contributed by atoms with Gasteiger partial charge in [0.2, 0.25) is 17.8 Å². The Morgan fingerprint density at radius 2 is 0.913 bits per heavy atom. The van der Waals surface area contributed by atoms with Crippen molar-refractivity contribution in [2.45, 2.75) is 193 Å². The van der Waals surface area contributed by atoms with E-state index in [9.17, 15) is 29.7 Å². The summed E-state index contributed by atoms with van der Waals surface area (Å²) >= 11 is 0. The molecule has 21 nitrogen and oxygen atoms in total. The second kappa shape index (κ2) is 23.8. The number of primary amides is 3. The summed E-state index contributed by atoms with van der Waals surface area (Å²) < 4.78 is 192. The fourth-order valence-corrected chi connectivity index (χ4v) is 5.82. The highest BCUT2D eigenvalue weighted by atomic mass is 16.3. The Morgan fingerprint density at radius 3 is 1.29 bits per heavy atom. The van der Waals surface area contributed by atoms with Crippen molar-refractivity contribution in [1.82, 2.24) is 29.9 Å². The number of nitrogens with one attached hydrogen (secondary N) is 6. The van der Waals surface area contributed by atoms with Crippen molar-refractivity contribution in [3.63, 3.8) is 0 Å². The van der Waals surface area contributed by atoms with Gasteiger partial charge < -0.3 is 64.4 Å². The summed E-state index contributed by atoms with van der Waals surface area (Å²) in [7, 11) is 0. The zero-order valence-corrected chi connectivity index (χ0v) is 39.8. The topological polar surface area (TPSA) is 339 Å². The molecule has 21 heteroatoms. The maximum absolute atomic E-state index is 11.9. The fourth-order valence-electron chi connectivity index (χ4n) is 5.82. The van der Waals surface area contributed by atoms with Gasteiger partial charge >= 0.3 is 0 Å². The van der Waals surface area contributed by atoms with Crippen LogP contribution in [0.3, 0.4) is 0 Å². The van der Waals surface area contributed by atoms with Gasteiger partial charge in [0.1, 0.15) is 17.5 Å². The van der Waals surface area contributed by atoms with E-state index in [0.29, 0.717) is 0 Å². The second-order valence-corrected chi connectivity index (χ2v) is 19.0. The van der Waals surface area contributed by atoms with Crippen LogP contribution >= 0.6 is 0 Å². The monoisotopic (exact) mass is 988 g/mol. The third-order valence-electron chi connectivity index (χ3n) is 9.00. The zero-order valence-electron chi connectivity index (χ0n) is 63.8. The molecule has 15 N–H and O–H groups in total. The van der Waals surface area contributed by atoms with Crippen LogP contribution < -0.4 is 49.1 Å². The summed E-state index contributed by atoms with van der Waals surface area (Å²) in [5, 5.41) is 47.5. The first-order valence-corrected chi connectivity index (χ1v) is 21.4. The summed E-state index contributed by atoms with van der Waals surface area (Å²) in [4.78, 5) is 59.7. The Labute approximate surface area is 441 Å². The number of nitrogens with zero attached hydrogens (tertiary/aromatic N) is 6. The molecule has 3 heterocycles.